The summed E-state index contributed by atoms with van der Waals surface area (Å²) in [6, 6.07) is 8.26. The number of pyridine rings is 1. The van der Waals surface area contributed by atoms with Gasteiger partial charge in [-0.1, -0.05) is 35.0 Å². The summed E-state index contributed by atoms with van der Waals surface area (Å²) >= 11 is 11.5. The molecule has 6 nitrogen and oxygen atoms in total. The molecule has 0 aliphatic rings. The number of nitrogens with zero attached hydrogens (tertiary/aromatic N) is 2. The molecule has 0 atom stereocenters. The van der Waals surface area contributed by atoms with Crippen LogP contribution in [0.1, 0.15) is 12.5 Å². The first kappa shape index (κ1) is 21.3. The van der Waals surface area contributed by atoms with Gasteiger partial charge in [0, 0.05) is 22.2 Å². The first-order chi connectivity index (χ1) is 10.4. The van der Waals surface area contributed by atoms with Crippen molar-refractivity contribution in [3.63, 3.8) is 0 Å². The quantitative estimate of drug-likeness (QED) is 0.475. The number of rotatable bonds is 3. The number of aliphatic carboxylic acids is 1. The molecule has 0 saturated heterocycles. The van der Waals surface area contributed by atoms with Crippen LogP contribution < -0.4 is 15.6 Å². The number of carboxylic acids is 1. The zero-order chi connectivity index (χ0) is 16.5. The Kier molecular flexibility index (Phi) is 10.1. The van der Waals surface area contributed by atoms with Gasteiger partial charge in [-0.05, 0) is 36.8 Å². The van der Waals surface area contributed by atoms with Crippen LogP contribution in [0.25, 0.3) is 0 Å². The van der Waals surface area contributed by atoms with E-state index in [1.165, 1.54) is 18.3 Å². The number of benzene rings is 1. The molecule has 0 aliphatic heterocycles. The van der Waals surface area contributed by atoms with Crippen molar-refractivity contribution in [3.05, 3.63) is 52.1 Å². The van der Waals surface area contributed by atoms with Gasteiger partial charge in [0.05, 0.1) is 6.21 Å². The molecule has 1 aromatic heterocycles. The fourth-order valence-corrected chi connectivity index (χ4v) is 1.78. The van der Waals surface area contributed by atoms with Crippen molar-refractivity contribution in [3.8, 4) is 5.75 Å². The summed E-state index contributed by atoms with van der Waals surface area (Å²) in [5.74, 6) is -0.818. The molecule has 0 amide bonds. The third kappa shape index (κ3) is 8.50. The van der Waals surface area contributed by atoms with Crippen LogP contribution in [0.5, 0.6) is 5.75 Å². The predicted octanol–water partition coefficient (Wildman–Crippen LogP) is 1.66. The average Bonchev–Trinajstić information content (AvgIpc) is 2.44. The number of aromatic nitrogens is 1. The summed E-state index contributed by atoms with van der Waals surface area (Å²) in [5, 5.41) is 24.9. The number of anilines is 1. The minimum Gasteiger partial charge on any atom is -0.871 e. The van der Waals surface area contributed by atoms with E-state index in [1.54, 1.807) is 18.3 Å². The minimum absolute atomic E-state index is 0. The van der Waals surface area contributed by atoms with E-state index in [-0.39, 0.29) is 30.3 Å². The molecule has 1 heterocycles. The molecule has 1 N–H and O–H groups in total. The van der Waals surface area contributed by atoms with Gasteiger partial charge < -0.3 is 15.0 Å². The second-order valence-corrected chi connectivity index (χ2v) is 4.73. The summed E-state index contributed by atoms with van der Waals surface area (Å²) in [7, 11) is 0. The van der Waals surface area contributed by atoms with E-state index >= 15 is 0 Å². The summed E-state index contributed by atoms with van der Waals surface area (Å²) in [4.78, 5) is 12.9. The van der Waals surface area contributed by atoms with E-state index in [4.69, 9.17) is 33.1 Å². The Balaban J connectivity index is 0.000000871. The van der Waals surface area contributed by atoms with Gasteiger partial charge in [-0.2, -0.15) is 5.10 Å². The standard InChI is InChI=1S/C12H9Cl2N3O.C2H4O2.Zn/c13-9-5-8(12(18)10(14)6-9)7-16-17-11-3-1-2-4-15-11;1-2(3)4;/h1-7,18H,(H,15,17);1H3,(H,3,4);/q;;+2/p-2/b16-7+;;. The summed E-state index contributed by atoms with van der Waals surface area (Å²) in [6.07, 6.45) is 2.99. The first-order valence-electron chi connectivity index (χ1n) is 5.94. The number of hydrogen-bond acceptors (Lipinski definition) is 6. The molecule has 1 aromatic carbocycles. The van der Waals surface area contributed by atoms with Crippen LogP contribution in [0.3, 0.4) is 0 Å². The third-order valence-electron chi connectivity index (χ3n) is 2.08. The Morgan fingerprint density at radius 3 is 2.57 bits per heavy atom. The second kappa shape index (κ2) is 10.9. The molecule has 0 spiro atoms. The first-order valence-corrected chi connectivity index (χ1v) is 6.69. The maximum atomic E-state index is 11.6. The van der Waals surface area contributed by atoms with Crippen LogP contribution in [-0.2, 0) is 24.3 Å². The van der Waals surface area contributed by atoms with Crippen LogP contribution in [0.2, 0.25) is 10.0 Å². The molecular formula is C14H11Cl2N3O3Zn. The van der Waals surface area contributed by atoms with Crippen molar-refractivity contribution < 1.29 is 34.5 Å². The Labute approximate surface area is 155 Å². The zero-order valence-electron chi connectivity index (χ0n) is 12.1. The summed E-state index contributed by atoms with van der Waals surface area (Å²) in [5.41, 5.74) is 3.01. The Hall–Kier alpha value is -1.69. The van der Waals surface area contributed by atoms with Gasteiger partial charge in [-0.15, -0.1) is 0 Å². The van der Waals surface area contributed by atoms with Crippen LogP contribution in [0.4, 0.5) is 5.82 Å². The Morgan fingerprint density at radius 1 is 1.35 bits per heavy atom. The molecule has 2 rings (SSSR count). The van der Waals surface area contributed by atoms with E-state index in [0.717, 1.165) is 6.92 Å². The van der Waals surface area contributed by atoms with Gasteiger partial charge in [0.1, 0.15) is 5.82 Å². The van der Waals surface area contributed by atoms with Crippen LogP contribution in [0.15, 0.2) is 41.6 Å². The number of carboxylic acid groups (broad SMARTS) is 1. The molecule has 0 saturated carbocycles. The van der Waals surface area contributed by atoms with E-state index < -0.39 is 5.97 Å². The van der Waals surface area contributed by atoms with Gasteiger partial charge in [0.25, 0.3) is 0 Å². The van der Waals surface area contributed by atoms with Crippen molar-refractivity contribution >= 4 is 41.2 Å². The predicted molar refractivity (Wildman–Crippen MR) is 82.0 cm³/mol. The van der Waals surface area contributed by atoms with Crippen molar-refractivity contribution in [2.75, 3.05) is 5.43 Å². The molecule has 0 fully saturated rings. The second-order valence-electron chi connectivity index (χ2n) is 3.88. The molecule has 116 valence electrons. The van der Waals surface area contributed by atoms with Crippen molar-refractivity contribution in [2.24, 2.45) is 5.10 Å². The minimum atomic E-state index is -1.08. The van der Waals surface area contributed by atoms with Gasteiger partial charge in [0.15, 0.2) is 0 Å². The Bertz CT molecular complexity index is 666. The maximum absolute atomic E-state index is 11.6. The van der Waals surface area contributed by atoms with Gasteiger partial charge in [-0.25, -0.2) is 4.98 Å². The van der Waals surface area contributed by atoms with Gasteiger partial charge >= 0.3 is 19.5 Å². The third-order valence-corrected chi connectivity index (χ3v) is 2.58. The number of nitrogens with one attached hydrogen (secondary N) is 1. The average molecular weight is 406 g/mol. The van der Waals surface area contributed by atoms with Gasteiger partial charge in [-0.3, -0.25) is 5.43 Å². The van der Waals surface area contributed by atoms with E-state index in [1.807, 2.05) is 6.07 Å². The Morgan fingerprint density at radius 2 is 2.00 bits per heavy atom. The summed E-state index contributed by atoms with van der Waals surface area (Å²) < 4.78 is 0. The monoisotopic (exact) mass is 403 g/mol. The number of halogens is 2. The largest absolute Gasteiger partial charge is 2.00 e. The number of carbonyl (C=O) groups excluding carboxylic acids is 1. The molecule has 0 radical (unpaired) electrons. The molecule has 0 aliphatic carbocycles. The van der Waals surface area contributed by atoms with Crippen LogP contribution in [-0.4, -0.2) is 17.2 Å². The molecule has 0 bridgehead atoms. The molecular weight excluding hydrogens is 394 g/mol. The number of hydrazone groups is 1. The van der Waals surface area contributed by atoms with Crippen molar-refractivity contribution in [1.82, 2.24) is 4.98 Å². The zero-order valence-corrected chi connectivity index (χ0v) is 16.6. The van der Waals surface area contributed by atoms with Crippen molar-refractivity contribution in [1.29, 1.82) is 0 Å². The molecule has 9 heteroatoms. The van der Waals surface area contributed by atoms with Crippen molar-refractivity contribution in [2.45, 2.75) is 6.92 Å². The van der Waals surface area contributed by atoms with Crippen LogP contribution in [0, 0.1) is 0 Å². The van der Waals surface area contributed by atoms with E-state index in [2.05, 4.69) is 15.5 Å². The smallest absolute Gasteiger partial charge is 0.871 e. The van der Waals surface area contributed by atoms with E-state index in [9.17, 15) is 5.11 Å². The van der Waals surface area contributed by atoms with Crippen LogP contribution >= 0.6 is 23.2 Å². The van der Waals surface area contributed by atoms with Gasteiger partial charge in [0.2, 0.25) is 0 Å². The SMILES string of the molecule is CC(=O)[O-].[O-]c1c(Cl)cc(Cl)cc1/C=N/Nc1ccccn1.[Zn+2]. The molecule has 2 aromatic rings. The number of carbonyl (C=O) groups is 1. The summed E-state index contributed by atoms with van der Waals surface area (Å²) in [6.45, 7) is 0.972. The fraction of sp³-hybridized carbons (Fsp3) is 0.0714. The topological polar surface area (TPSA) is 100 Å². The maximum Gasteiger partial charge on any atom is 2.00 e. The number of hydrogen-bond donors (Lipinski definition) is 1. The van der Waals surface area contributed by atoms with E-state index in [0.29, 0.717) is 16.4 Å². The normalized spacial score (nSPS) is 9.52. The molecule has 23 heavy (non-hydrogen) atoms. The molecule has 0 unspecified atom stereocenters. The fourth-order valence-electron chi connectivity index (χ4n) is 1.27.